The van der Waals surface area contributed by atoms with Crippen LogP contribution in [0.25, 0.3) is 0 Å². The van der Waals surface area contributed by atoms with E-state index < -0.39 is 0 Å². The Kier molecular flexibility index (Phi) is 3.80. The second-order valence-electron chi connectivity index (χ2n) is 3.82. The molecule has 1 N–H and O–H groups in total. The highest BCUT2D eigenvalue weighted by Crippen LogP contribution is 2.17. The molecule has 1 aromatic rings. The van der Waals surface area contributed by atoms with E-state index in [9.17, 15) is 4.79 Å². The van der Waals surface area contributed by atoms with E-state index >= 15 is 0 Å². The normalized spacial score (nSPS) is 20.4. The van der Waals surface area contributed by atoms with Crippen LogP contribution < -0.4 is 5.32 Å². The molecular weight excluding hydrogens is 226 g/mol. The van der Waals surface area contributed by atoms with E-state index in [4.69, 9.17) is 16.3 Å². The van der Waals surface area contributed by atoms with E-state index in [-0.39, 0.29) is 12.2 Å². The summed E-state index contributed by atoms with van der Waals surface area (Å²) in [5, 5.41) is 3.59. The fraction of sp³-hybridized carbons (Fsp3) is 0.417. The van der Waals surface area contributed by atoms with E-state index in [1.165, 1.54) is 0 Å². The van der Waals surface area contributed by atoms with Crippen molar-refractivity contribution in [3.63, 3.8) is 0 Å². The Morgan fingerprint density at radius 2 is 2.19 bits per heavy atom. The molecule has 1 aliphatic heterocycles. The van der Waals surface area contributed by atoms with E-state index in [0.717, 1.165) is 25.8 Å². The van der Waals surface area contributed by atoms with Gasteiger partial charge in [0.1, 0.15) is 0 Å². The van der Waals surface area contributed by atoms with E-state index in [1.54, 1.807) is 24.3 Å². The maximum absolute atomic E-state index is 11.8. The fourth-order valence-electron chi connectivity index (χ4n) is 1.74. The third-order valence-electron chi connectivity index (χ3n) is 2.61. The van der Waals surface area contributed by atoms with Gasteiger partial charge in [-0.3, -0.25) is 5.32 Å². The van der Waals surface area contributed by atoms with Gasteiger partial charge in [-0.1, -0.05) is 23.7 Å². The zero-order chi connectivity index (χ0) is 11.4. The molecule has 86 valence electrons. The minimum atomic E-state index is -0.356. The lowest BCUT2D eigenvalue weighted by Crippen LogP contribution is -2.37. The number of halogens is 1. The van der Waals surface area contributed by atoms with Gasteiger partial charge in [-0.05, 0) is 37.9 Å². The average Bonchev–Trinajstić information content (AvgIpc) is 2.31. The van der Waals surface area contributed by atoms with Crippen LogP contribution in [0.2, 0.25) is 5.02 Å². The number of rotatable bonds is 2. The van der Waals surface area contributed by atoms with Crippen molar-refractivity contribution in [3.05, 3.63) is 34.9 Å². The van der Waals surface area contributed by atoms with Gasteiger partial charge in [-0.25, -0.2) is 4.79 Å². The molecule has 0 saturated carbocycles. The maximum Gasteiger partial charge on any atom is 0.341 e. The zero-order valence-corrected chi connectivity index (χ0v) is 9.67. The maximum atomic E-state index is 11.8. The monoisotopic (exact) mass is 239 g/mol. The largest absolute Gasteiger partial charge is 0.443 e. The molecule has 1 unspecified atom stereocenters. The van der Waals surface area contributed by atoms with Gasteiger partial charge in [-0.15, -0.1) is 0 Å². The molecule has 2 rings (SSSR count). The molecule has 1 aromatic carbocycles. The number of nitrogens with one attached hydrogen (secondary N) is 1. The highest BCUT2D eigenvalue weighted by Gasteiger charge is 2.19. The SMILES string of the molecule is O=C(OC1CCCCN1)c1ccccc1Cl. The first-order chi connectivity index (χ1) is 7.77. The predicted molar refractivity (Wildman–Crippen MR) is 62.5 cm³/mol. The molecule has 0 radical (unpaired) electrons. The highest BCUT2D eigenvalue weighted by molar-refractivity contribution is 6.33. The number of esters is 1. The molecule has 0 bridgehead atoms. The first-order valence-electron chi connectivity index (χ1n) is 5.46. The Morgan fingerprint density at radius 3 is 2.88 bits per heavy atom. The van der Waals surface area contributed by atoms with E-state index in [1.807, 2.05) is 0 Å². The fourth-order valence-corrected chi connectivity index (χ4v) is 1.95. The number of ether oxygens (including phenoxy) is 1. The minimum Gasteiger partial charge on any atom is -0.443 e. The lowest BCUT2D eigenvalue weighted by atomic mass is 10.1. The van der Waals surface area contributed by atoms with E-state index in [2.05, 4.69) is 5.32 Å². The summed E-state index contributed by atoms with van der Waals surface area (Å²) in [6, 6.07) is 6.93. The Bertz CT molecular complexity index is 375. The summed E-state index contributed by atoms with van der Waals surface area (Å²) in [6.45, 7) is 0.903. The molecule has 0 amide bonds. The van der Waals surface area contributed by atoms with Crippen LogP contribution in [-0.2, 0) is 4.74 Å². The van der Waals surface area contributed by atoms with Crippen molar-refractivity contribution in [2.24, 2.45) is 0 Å². The Balaban J connectivity index is 2.00. The molecule has 3 nitrogen and oxygen atoms in total. The quantitative estimate of drug-likeness (QED) is 0.807. The summed E-state index contributed by atoms with van der Waals surface area (Å²) in [7, 11) is 0. The van der Waals surface area contributed by atoms with Crippen molar-refractivity contribution in [1.29, 1.82) is 0 Å². The van der Waals surface area contributed by atoms with Crippen molar-refractivity contribution in [3.8, 4) is 0 Å². The summed E-state index contributed by atoms with van der Waals surface area (Å²) >= 11 is 5.92. The first kappa shape index (κ1) is 11.4. The first-order valence-corrected chi connectivity index (χ1v) is 5.84. The van der Waals surface area contributed by atoms with Crippen LogP contribution in [0.4, 0.5) is 0 Å². The number of carbonyl (C=O) groups excluding carboxylic acids is 1. The predicted octanol–water partition coefficient (Wildman–Crippen LogP) is 2.60. The Labute approximate surface area is 99.7 Å². The second kappa shape index (κ2) is 5.32. The Hall–Kier alpha value is -1.06. The summed E-state index contributed by atoms with van der Waals surface area (Å²) in [4.78, 5) is 11.8. The molecule has 4 heteroatoms. The van der Waals surface area contributed by atoms with Crippen molar-refractivity contribution in [2.45, 2.75) is 25.5 Å². The average molecular weight is 240 g/mol. The number of hydrogen-bond acceptors (Lipinski definition) is 3. The van der Waals surface area contributed by atoms with E-state index in [0.29, 0.717) is 10.6 Å². The van der Waals surface area contributed by atoms with Gasteiger partial charge in [0, 0.05) is 0 Å². The summed E-state index contributed by atoms with van der Waals surface area (Å²) in [6.07, 6.45) is 2.93. The van der Waals surface area contributed by atoms with Gasteiger partial charge in [-0.2, -0.15) is 0 Å². The van der Waals surface area contributed by atoms with Crippen LogP contribution in [0.3, 0.4) is 0 Å². The van der Waals surface area contributed by atoms with Gasteiger partial charge in [0.15, 0.2) is 6.23 Å². The number of carbonyl (C=O) groups is 1. The lowest BCUT2D eigenvalue weighted by molar-refractivity contribution is 0.0140. The molecule has 1 fully saturated rings. The molecule has 1 atom stereocenters. The van der Waals surface area contributed by atoms with Crippen molar-refractivity contribution in [1.82, 2.24) is 5.32 Å². The third kappa shape index (κ3) is 2.74. The van der Waals surface area contributed by atoms with Crippen LogP contribution in [0.5, 0.6) is 0 Å². The summed E-state index contributed by atoms with van der Waals surface area (Å²) in [5.41, 5.74) is 0.427. The molecule has 16 heavy (non-hydrogen) atoms. The van der Waals surface area contributed by atoms with Gasteiger partial charge in [0.2, 0.25) is 0 Å². The van der Waals surface area contributed by atoms with Gasteiger partial charge >= 0.3 is 5.97 Å². The summed E-state index contributed by atoms with van der Waals surface area (Å²) in [5.74, 6) is -0.356. The molecule has 1 aliphatic rings. The van der Waals surface area contributed by atoms with Crippen LogP contribution in [0.1, 0.15) is 29.6 Å². The number of hydrogen-bond donors (Lipinski definition) is 1. The van der Waals surface area contributed by atoms with Crippen LogP contribution in [0.15, 0.2) is 24.3 Å². The molecule has 1 heterocycles. The highest BCUT2D eigenvalue weighted by atomic mass is 35.5. The molecular formula is C12H14ClNO2. The van der Waals surface area contributed by atoms with Gasteiger partial charge in [0.05, 0.1) is 10.6 Å². The van der Waals surface area contributed by atoms with Crippen LogP contribution in [0, 0.1) is 0 Å². The number of benzene rings is 1. The molecule has 0 aliphatic carbocycles. The van der Waals surface area contributed by atoms with Gasteiger partial charge < -0.3 is 4.74 Å². The van der Waals surface area contributed by atoms with Crippen molar-refractivity contribution >= 4 is 17.6 Å². The summed E-state index contributed by atoms with van der Waals surface area (Å²) < 4.78 is 5.32. The van der Waals surface area contributed by atoms with Crippen molar-refractivity contribution < 1.29 is 9.53 Å². The smallest absolute Gasteiger partial charge is 0.341 e. The number of piperidine rings is 1. The Morgan fingerprint density at radius 1 is 1.38 bits per heavy atom. The zero-order valence-electron chi connectivity index (χ0n) is 8.91. The van der Waals surface area contributed by atoms with Gasteiger partial charge in [0.25, 0.3) is 0 Å². The topological polar surface area (TPSA) is 38.3 Å². The minimum absolute atomic E-state index is 0.169. The third-order valence-corrected chi connectivity index (χ3v) is 2.94. The molecule has 1 saturated heterocycles. The van der Waals surface area contributed by atoms with Crippen LogP contribution >= 0.6 is 11.6 Å². The molecule has 0 aromatic heterocycles. The molecule has 0 spiro atoms. The van der Waals surface area contributed by atoms with Crippen molar-refractivity contribution in [2.75, 3.05) is 6.54 Å². The second-order valence-corrected chi connectivity index (χ2v) is 4.23. The standard InChI is InChI=1S/C12H14ClNO2/c13-10-6-2-1-5-9(10)12(15)16-11-7-3-4-8-14-11/h1-2,5-6,11,14H,3-4,7-8H2. The lowest BCUT2D eigenvalue weighted by Gasteiger charge is -2.23. The van der Waals surface area contributed by atoms with Crippen LogP contribution in [-0.4, -0.2) is 18.7 Å².